The molecule has 3 rings (SSSR count). The molecule has 1 amide bonds. The molecule has 5 nitrogen and oxygen atoms in total. The van der Waals surface area contributed by atoms with Gasteiger partial charge in [-0.25, -0.2) is 0 Å². The highest BCUT2D eigenvalue weighted by atomic mass is 16.5. The first-order valence-corrected chi connectivity index (χ1v) is 7.82. The van der Waals surface area contributed by atoms with E-state index in [1.165, 1.54) is 5.56 Å². The second kappa shape index (κ2) is 6.00. The van der Waals surface area contributed by atoms with Crippen LogP contribution in [0.4, 0.5) is 5.82 Å². The number of aromatic amines is 1. The monoisotopic (exact) mass is 323 g/mol. The van der Waals surface area contributed by atoms with Gasteiger partial charge in [0, 0.05) is 10.9 Å². The smallest absolute Gasteiger partial charge is 0.256 e. The molecule has 0 atom stereocenters. The fraction of sp³-hybridized carbons (Fsp3) is 0.263. The zero-order valence-electron chi connectivity index (χ0n) is 14.3. The van der Waals surface area contributed by atoms with Crippen molar-refractivity contribution < 1.29 is 9.53 Å². The number of ether oxygens (including phenoxy) is 1. The average molecular weight is 323 g/mol. The molecule has 0 bridgehead atoms. The minimum absolute atomic E-state index is 0.0595. The summed E-state index contributed by atoms with van der Waals surface area (Å²) < 4.78 is 5.23. The van der Waals surface area contributed by atoms with E-state index < -0.39 is 0 Å². The summed E-state index contributed by atoms with van der Waals surface area (Å²) in [5.74, 6) is 1.02. The number of carbonyl (C=O) groups is 1. The maximum atomic E-state index is 12.5. The second-order valence-corrected chi connectivity index (χ2v) is 6.77. The Bertz CT molecular complexity index is 874. The minimum atomic E-state index is -0.188. The molecule has 3 aromatic rings. The van der Waals surface area contributed by atoms with Crippen LogP contribution in [0.2, 0.25) is 0 Å². The van der Waals surface area contributed by atoms with Crippen LogP contribution >= 0.6 is 0 Å². The number of carbonyl (C=O) groups excluding carboxylic acids is 1. The highest BCUT2D eigenvalue weighted by Crippen LogP contribution is 2.26. The Labute approximate surface area is 141 Å². The van der Waals surface area contributed by atoms with E-state index in [0.717, 1.165) is 10.9 Å². The molecule has 1 heterocycles. The third-order valence-corrected chi connectivity index (χ3v) is 4.02. The van der Waals surface area contributed by atoms with E-state index >= 15 is 0 Å². The number of anilines is 1. The topological polar surface area (TPSA) is 67.0 Å². The third kappa shape index (κ3) is 3.11. The number of amides is 1. The number of nitrogens with zero attached hydrogens (tertiary/aromatic N) is 1. The number of aromatic nitrogens is 2. The van der Waals surface area contributed by atoms with Crippen molar-refractivity contribution >= 4 is 22.6 Å². The second-order valence-electron chi connectivity index (χ2n) is 6.77. The summed E-state index contributed by atoms with van der Waals surface area (Å²) in [5, 5.41) is 10.8. The number of nitrogens with one attached hydrogen (secondary N) is 2. The molecular weight excluding hydrogens is 302 g/mol. The summed E-state index contributed by atoms with van der Waals surface area (Å²) in [4.78, 5) is 12.5. The predicted octanol–water partition coefficient (Wildman–Crippen LogP) is 4.12. The van der Waals surface area contributed by atoms with Gasteiger partial charge in [0.15, 0.2) is 5.82 Å². The van der Waals surface area contributed by atoms with Crippen molar-refractivity contribution in [1.29, 1.82) is 0 Å². The van der Waals surface area contributed by atoms with Crippen LogP contribution in [0, 0.1) is 0 Å². The van der Waals surface area contributed by atoms with Crippen molar-refractivity contribution in [2.75, 3.05) is 12.4 Å². The highest BCUT2D eigenvalue weighted by molar-refractivity contribution is 6.08. The Kier molecular flexibility index (Phi) is 4.01. The van der Waals surface area contributed by atoms with Crippen LogP contribution in [0.25, 0.3) is 10.9 Å². The van der Waals surface area contributed by atoms with Crippen LogP contribution in [0.5, 0.6) is 5.75 Å². The van der Waals surface area contributed by atoms with E-state index in [-0.39, 0.29) is 11.3 Å². The summed E-state index contributed by atoms with van der Waals surface area (Å²) in [6, 6.07) is 13.2. The van der Waals surface area contributed by atoms with E-state index in [9.17, 15) is 4.79 Å². The number of fused-ring (bicyclic) bond motifs is 1. The molecule has 0 saturated heterocycles. The lowest BCUT2D eigenvalue weighted by molar-refractivity contribution is 0.102. The van der Waals surface area contributed by atoms with Gasteiger partial charge in [-0.2, -0.15) is 5.10 Å². The zero-order chi connectivity index (χ0) is 17.3. The maximum absolute atomic E-state index is 12.5. The van der Waals surface area contributed by atoms with Crippen molar-refractivity contribution in [2.45, 2.75) is 26.2 Å². The summed E-state index contributed by atoms with van der Waals surface area (Å²) in [6.07, 6.45) is 0. The van der Waals surface area contributed by atoms with Crippen molar-refractivity contribution in [3.8, 4) is 5.75 Å². The molecule has 2 aromatic carbocycles. The van der Waals surface area contributed by atoms with Gasteiger partial charge in [-0.1, -0.05) is 32.9 Å². The summed E-state index contributed by atoms with van der Waals surface area (Å²) in [5.41, 5.74) is 2.69. The lowest BCUT2D eigenvalue weighted by atomic mass is 9.87. The maximum Gasteiger partial charge on any atom is 0.256 e. The molecule has 0 fully saturated rings. The molecule has 0 radical (unpaired) electrons. The average Bonchev–Trinajstić information content (AvgIpc) is 2.96. The molecule has 0 unspecified atom stereocenters. The molecule has 0 spiro atoms. The first-order chi connectivity index (χ1) is 11.4. The third-order valence-electron chi connectivity index (χ3n) is 4.02. The van der Waals surface area contributed by atoms with Crippen LogP contribution in [0.1, 0.15) is 36.7 Å². The Balaban J connectivity index is 1.84. The summed E-state index contributed by atoms with van der Waals surface area (Å²) >= 11 is 0. The molecule has 1 aromatic heterocycles. The van der Waals surface area contributed by atoms with Gasteiger partial charge in [-0.05, 0) is 41.3 Å². The standard InChI is InChI=1S/C19H21N3O2/c1-19(2,3)13-7-5-12(6-8-13)18(23)20-17-15-11-14(24-4)9-10-16(15)21-22-17/h5-11H,1-4H3,(H2,20,21,22,23). The Morgan fingerprint density at radius 1 is 1.12 bits per heavy atom. The van der Waals surface area contributed by atoms with Crippen LogP contribution in [0.3, 0.4) is 0 Å². The van der Waals surface area contributed by atoms with E-state index in [1.54, 1.807) is 7.11 Å². The highest BCUT2D eigenvalue weighted by Gasteiger charge is 2.15. The van der Waals surface area contributed by atoms with Crippen LogP contribution in [0.15, 0.2) is 42.5 Å². The van der Waals surface area contributed by atoms with Gasteiger partial charge in [-0.15, -0.1) is 0 Å². The normalized spacial score (nSPS) is 11.5. The molecular formula is C19H21N3O2. The van der Waals surface area contributed by atoms with Gasteiger partial charge in [0.25, 0.3) is 5.91 Å². The molecule has 0 aliphatic carbocycles. The molecule has 0 saturated carbocycles. The number of methoxy groups -OCH3 is 1. The first-order valence-electron chi connectivity index (χ1n) is 7.82. The number of benzene rings is 2. The fourth-order valence-corrected chi connectivity index (χ4v) is 2.52. The molecule has 2 N–H and O–H groups in total. The van der Waals surface area contributed by atoms with Crippen LogP contribution in [-0.2, 0) is 5.41 Å². The SMILES string of the molecule is COc1ccc2[nH]nc(NC(=O)c3ccc(C(C)(C)C)cc3)c2c1. The van der Waals surface area contributed by atoms with Gasteiger partial charge >= 0.3 is 0 Å². The molecule has 124 valence electrons. The van der Waals surface area contributed by atoms with E-state index in [1.807, 2.05) is 42.5 Å². The van der Waals surface area contributed by atoms with E-state index in [2.05, 4.69) is 36.3 Å². The number of H-pyrrole nitrogens is 1. The zero-order valence-corrected chi connectivity index (χ0v) is 14.3. The minimum Gasteiger partial charge on any atom is -0.497 e. The van der Waals surface area contributed by atoms with Gasteiger partial charge in [-0.3, -0.25) is 9.89 Å². The summed E-state index contributed by atoms with van der Waals surface area (Å²) in [7, 11) is 1.61. The largest absolute Gasteiger partial charge is 0.497 e. The molecule has 24 heavy (non-hydrogen) atoms. The van der Waals surface area contributed by atoms with Crippen molar-refractivity contribution in [3.63, 3.8) is 0 Å². The predicted molar refractivity (Wildman–Crippen MR) is 95.7 cm³/mol. The lowest BCUT2D eigenvalue weighted by Gasteiger charge is -2.18. The fourth-order valence-electron chi connectivity index (χ4n) is 2.52. The van der Waals surface area contributed by atoms with E-state index in [0.29, 0.717) is 17.1 Å². The molecule has 0 aliphatic heterocycles. The quantitative estimate of drug-likeness (QED) is 0.762. The molecule has 0 aliphatic rings. The molecule has 5 heteroatoms. The van der Waals surface area contributed by atoms with E-state index in [4.69, 9.17) is 4.74 Å². The lowest BCUT2D eigenvalue weighted by Crippen LogP contribution is -2.14. The van der Waals surface area contributed by atoms with Gasteiger partial charge < -0.3 is 10.1 Å². The van der Waals surface area contributed by atoms with Gasteiger partial charge in [0.05, 0.1) is 12.6 Å². The number of rotatable bonds is 3. The number of hydrogen-bond donors (Lipinski definition) is 2. The van der Waals surface area contributed by atoms with Gasteiger partial charge in [0.1, 0.15) is 5.75 Å². The van der Waals surface area contributed by atoms with Crippen molar-refractivity contribution in [2.24, 2.45) is 0 Å². The van der Waals surface area contributed by atoms with Crippen molar-refractivity contribution in [3.05, 3.63) is 53.6 Å². The van der Waals surface area contributed by atoms with Crippen molar-refractivity contribution in [1.82, 2.24) is 10.2 Å². The Morgan fingerprint density at radius 3 is 2.46 bits per heavy atom. The van der Waals surface area contributed by atoms with Crippen LogP contribution in [-0.4, -0.2) is 23.2 Å². The van der Waals surface area contributed by atoms with Gasteiger partial charge in [0.2, 0.25) is 0 Å². The Hall–Kier alpha value is -2.82. The van der Waals surface area contributed by atoms with Crippen LogP contribution < -0.4 is 10.1 Å². The Morgan fingerprint density at radius 2 is 1.83 bits per heavy atom. The summed E-state index contributed by atoms with van der Waals surface area (Å²) in [6.45, 7) is 6.43. The first kappa shape index (κ1) is 16.1. The number of hydrogen-bond acceptors (Lipinski definition) is 3.